The molecular formula is C13H12INO4S2. The topological polar surface area (TPSA) is 74.7 Å². The van der Waals surface area contributed by atoms with Crippen LogP contribution in [0.1, 0.15) is 15.9 Å². The summed E-state index contributed by atoms with van der Waals surface area (Å²) in [6.07, 6.45) is 0. The predicted molar refractivity (Wildman–Crippen MR) is 89.1 cm³/mol. The highest BCUT2D eigenvalue weighted by molar-refractivity contribution is 14.1. The Balaban J connectivity index is 2.35. The van der Waals surface area contributed by atoms with Crippen molar-refractivity contribution in [3.05, 3.63) is 49.7 Å². The summed E-state index contributed by atoms with van der Waals surface area (Å²) in [5, 5.41) is 12.8. The van der Waals surface area contributed by atoms with Gasteiger partial charge in [0.1, 0.15) is 0 Å². The first-order chi connectivity index (χ1) is 9.82. The van der Waals surface area contributed by atoms with E-state index in [1.54, 1.807) is 0 Å². The van der Waals surface area contributed by atoms with Gasteiger partial charge in [0, 0.05) is 17.2 Å². The third-order valence-corrected chi connectivity index (χ3v) is 6.33. The van der Waals surface area contributed by atoms with Crippen molar-refractivity contribution >= 4 is 49.9 Å². The van der Waals surface area contributed by atoms with Crippen molar-refractivity contribution < 1.29 is 18.3 Å². The Kier molecular flexibility index (Phi) is 5.02. The number of benzene rings is 1. The largest absolute Gasteiger partial charge is 0.478 e. The summed E-state index contributed by atoms with van der Waals surface area (Å²) in [6, 6.07) is 5.97. The summed E-state index contributed by atoms with van der Waals surface area (Å²) in [5.41, 5.74) is 0.885. The van der Waals surface area contributed by atoms with Gasteiger partial charge in [0.25, 0.3) is 0 Å². The number of sulfonamides is 1. The molecule has 0 aliphatic heterocycles. The molecule has 0 atom stereocenters. The van der Waals surface area contributed by atoms with Crippen LogP contribution in [0.2, 0.25) is 0 Å². The summed E-state index contributed by atoms with van der Waals surface area (Å²) in [4.78, 5) is 11.1. The normalized spacial score (nSPS) is 11.8. The van der Waals surface area contributed by atoms with Crippen LogP contribution in [0.5, 0.6) is 0 Å². The lowest BCUT2D eigenvalue weighted by molar-refractivity contribution is 0.0695. The van der Waals surface area contributed by atoms with E-state index in [0.29, 0.717) is 3.57 Å². The molecule has 8 heteroatoms. The number of carbonyl (C=O) groups is 1. The highest BCUT2D eigenvalue weighted by Gasteiger charge is 2.23. The van der Waals surface area contributed by atoms with E-state index < -0.39 is 16.0 Å². The van der Waals surface area contributed by atoms with Crippen molar-refractivity contribution in [3.63, 3.8) is 0 Å². The number of thiophene rings is 1. The van der Waals surface area contributed by atoms with E-state index in [0.717, 1.165) is 5.56 Å². The predicted octanol–water partition coefficient (Wildman–Crippen LogP) is 2.87. The second-order valence-electron chi connectivity index (χ2n) is 4.34. The monoisotopic (exact) mass is 437 g/mol. The molecular weight excluding hydrogens is 425 g/mol. The molecule has 1 N–H and O–H groups in total. The number of aromatic carboxylic acids is 1. The van der Waals surface area contributed by atoms with Crippen molar-refractivity contribution in [2.45, 2.75) is 11.4 Å². The highest BCUT2D eigenvalue weighted by atomic mass is 127. The second-order valence-corrected chi connectivity index (χ2v) is 8.33. The molecule has 5 nitrogen and oxygen atoms in total. The molecule has 0 saturated carbocycles. The van der Waals surface area contributed by atoms with Crippen LogP contribution in [-0.4, -0.2) is 30.8 Å². The zero-order valence-electron chi connectivity index (χ0n) is 11.0. The summed E-state index contributed by atoms with van der Waals surface area (Å²) < 4.78 is 26.7. The number of halogens is 1. The van der Waals surface area contributed by atoms with E-state index in [1.807, 2.05) is 39.4 Å². The van der Waals surface area contributed by atoms with Gasteiger partial charge in [-0.3, -0.25) is 0 Å². The molecule has 0 saturated heterocycles. The van der Waals surface area contributed by atoms with Crippen molar-refractivity contribution in [3.8, 4) is 0 Å². The van der Waals surface area contributed by atoms with Gasteiger partial charge >= 0.3 is 5.97 Å². The van der Waals surface area contributed by atoms with Gasteiger partial charge in [-0.15, -0.1) is 0 Å². The zero-order chi connectivity index (χ0) is 15.6. The van der Waals surface area contributed by atoms with Crippen LogP contribution in [-0.2, 0) is 16.6 Å². The highest BCUT2D eigenvalue weighted by Crippen LogP contribution is 2.22. The fourth-order valence-electron chi connectivity index (χ4n) is 1.73. The van der Waals surface area contributed by atoms with Gasteiger partial charge in [-0.05, 0) is 63.2 Å². The standard InChI is InChI=1S/C13H12INO4S2/c1-15(7-9-4-5-20-8-9)21(18,19)10-2-3-12(14)11(6-10)13(16)17/h2-6,8H,7H2,1H3,(H,16,17). The molecule has 0 amide bonds. The summed E-state index contributed by atoms with van der Waals surface area (Å²) in [7, 11) is -2.24. The van der Waals surface area contributed by atoms with Crippen LogP contribution in [0.4, 0.5) is 0 Å². The van der Waals surface area contributed by atoms with E-state index in [4.69, 9.17) is 5.11 Å². The lowest BCUT2D eigenvalue weighted by Gasteiger charge is -2.17. The summed E-state index contributed by atoms with van der Waals surface area (Å²) >= 11 is 3.36. The first kappa shape index (κ1) is 16.4. The van der Waals surface area contributed by atoms with E-state index in [2.05, 4.69) is 0 Å². The number of carboxylic acid groups (broad SMARTS) is 1. The fraction of sp³-hybridized carbons (Fsp3) is 0.154. The maximum Gasteiger partial charge on any atom is 0.336 e. The molecule has 112 valence electrons. The molecule has 1 aromatic carbocycles. The molecule has 2 rings (SSSR count). The second kappa shape index (κ2) is 6.42. The van der Waals surface area contributed by atoms with Gasteiger partial charge in [0.15, 0.2) is 0 Å². The Morgan fingerprint density at radius 3 is 2.67 bits per heavy atom. The molecule has 1 aromatic heterocycles. The van der Waals surface area contributed by atoms with E-state index in [9.17, 15) is 13.2 Å². The van der Waals surface area contributed by atoms with Crippen LogP contribution in [0.15, 0.2) is 39.9 Å². The molecule has 0 spiro atoms. The average Bonchev–Trinajstić information content (AvgIpc) is 2.91. The van der Waals surface area contributed by atoms with Gasteiger partial charge in [0.2, 0.25) is 10.0 Å². The quantitative estimate of drug-likeness (QED) is 0.731. The maximum absolute atomic E-state index is 12.5. The minimum Gasteiger partial charge on any atom is -0.478 e. The van der Waals surface area contributed by atoms with Crippen molar-refractivity contribution in [2.24, 2.45) is 0 Å². The number of hydrogen-bond donors (Lipinski definition) is 1. The Morgan fingerprint density at radius 1 is 1.38 bits per heavy atom. The lowest BCUT2D eigenvalue weighted by atomic mass is 10.2. The number of carboxylic acids is 1. The van der Waals surface area contributed by atoms with E-state index in [-0.39, 0.29) is 17.0 Å². The Hall–Kier alpha value is -0.970. The van der Waals surface area contributed by atoms with Gasteiger partial charge in [-0.25, -0.2) is 13.2 Å². The number of nitrogens with zero attached hydrogens (tertiary/aromatic N) is 1. The fourth-order valence-corrected chi connectivity index (χ4v) is 4.15. The minimum absolute atomic E-state index is 0.0133. The van der Waals surface area contributed by atoms with Crippen LogP contribution in [0.25, 0.3) is 0 Å². The zero-order valence-corrected chi connectivity index (χ0v) is 14.8. The first-order valence-corrected chi connectivity index (χ1v) is 9.29. The Labute approximate surface area is 140 Å². The SMILES string of the molecule is CN(Cc1ccsc1)S(=O)(=O)c1ccc(I)c(C(=O)O)c1. The average molecular weight is 437 g/mol. The van der Waals surface area contributed by atoms with Gasteiger partial charge < -0.3 is 5.11 Å². The Morgan fingerprint density at radius 2 is 2.10 bits per heavy atom. The molecule has 0 aliphatic rings. The van der Waals surface area contributed by atoms with Crippen LogP contribution in [0, 0.1) is 3.57 Å². The van der Waals surface area contributed by atoms with E-state index >= 15 is 0 Å². The number of rotatable bonds is 5. The maximum atomic E-state index is 12.5. The number of hydrogen-bond acceptors (Lipinski definition) is 4. The minimum atomic E-state index is -3.72. The smallest absolute Gasteiger partial charge is 0.336 e. The third-order valence-electron chi connectivity index (χ3n) is 2.86. The molecule has 21 heavy (non-hydrogen) atoms. The summed E-state index contributed by atoms with van der Waals surface area (Å²) in [5.74, 6) is -1.14. The van der Waals surface area contributed by atoms with Crippen LogP contribution in [0.3, 0.4) is 0 Å². The molecule has 1 heterocycles. The molecule has 0 radical (unpaired) electrons. The molecule has 0 unspecified atom stereocenters. The van der Waals surface area contributed by atoms with Gasteiger partial charge in [-0.1, -0.05) is 0 Å². The molecule has 0 aliphatic carbocycles. The van der Waals surface area contributed by atoms with Gasteiger partial charge in [0.05, 0.1) is 10.5 Å². The molecule has 0 bridgehead atoms. The van der Waals surface area contributed by atoms with Crippen molar-refractivity contribution in [2.75, 3.05) is 7.05 Å². The van der Waals surface area contributed by atoms with Crippen LogP contribution < -0.4 is 0 Å². The molecule has 0 fully saturated rings. The van der Waals surface area contributed by atoms with Crippen molar-refractivity contribution in [1.82, 2.24) is 4.31 Å². The van der Waals surface area contributed by atoms with Crippen LogP contribution >= 0.6 is 33.9 Å². The Bertz CT molecular complexity index is 756. The van der Waals surface area contributed by atoms with Crippen molar-refractivity contribution in [1.29, 1.82) is 0 Å². The third kappa shape index (κ3) is 3.62. The van der Waals surface area contributed by atoms with Gasteiger partial charge in [-0.2, -0.15) is 15.6 Å². The summed E-state index contributed by atoms with van der Waals surface area (Å²) in [6.45, 7) is 0.250. The van der Waals surface area contributed by atoms with E-state index in [1.165, 1.54) is 40.9 Å². The molecule has 2 aromatic rings. The lowest BCUT2D eigenvalue weighted by Crippen LogP contribution is -2.26. The first-order valence-electron chi connectivity index (χ1n) is 5.82.